The van der Waals surface area contributed by atoms with Gasteiger partial charge in [-0.25, -0.2) is 0 Å². The van der Waals surface area contributed by atoms with Crippen molar-refractivity contribution in [2.24, 2.45) is 0 Å². The summed E-state index contributed by atoms with van der Waals surface area (Å²) in [6.45, 7) is 7.73. The fourth-order valence-corrected chi connectivity index (χ4v) is 4.57. The molecule has 9 nitrogen and oxygen atoms in total. The number of phenolic OH excluding ortho intramolecular Hbond substituents is 1. The van der Waals surface area contributed by atoms with Gasteiger partial charge in [-0.15, -0.1) is 6.54 Å². The molecular weight excluding hydrogens is 622 g/mol. The van der Waals surface area contributed by atoms with Gasteiger partial charge in [-0.2, -0.15) is 0 Å². The Morgan fingerprint density at radius 2 is 2.06 bits per heavy atom. The number of benzene rings is 1. The standard InChI is InChI=1S/C22H30N3O6.C3H8.W/c1-23-21(28)18(3-2-6-26)24-12-15-10-20-16(9-19(15)27)13-25-5-4-22(30-7-8-31-22)11-17(25)14-29-20;1-3-2;/h6,9-10,17-18,27H,2-5,7-8,11-14H2,1H3,(H,23,28);3H2,1-2H3;/q-1;;. The molecule has 1 aromatic carbocycles. The summed E-state index contributed by atoms with van der Waals surface area (Å²) in [4.78, 5) is 25.1. The number of likely N-dealkylation sites (N-methyl/N-ethyl adjacent to an activating group) is 1. The number of fused-ring (bicyclic) bond motifs is 2. The van der Waals surface area contributed by atoms with Gasteiger partial charge in [0.25, 0.3) is 0 Å². The van der Waals surface area contributed by atoms with Crippen molar-refractivity contribution in [3.63, 3.8) is 0 Å². The van der Waals surface area contributed by atoms with Gasteiger partial charge in [0.15, 0.2) is 5.79 Å². The van der Waals surface area contributed by atoms with Gasteiger partial charge in [0.1, 0.15) is 24.4 Å². The summed E-state index contributed by atoms with van der Waals surface area (Å²) in [5, 5.41) is 17.6. The first kappa shape index (κ1) is 29.7. The first-order chi connectivity index (χ1) is 16.4. The fourth-order valence-electron chi connectivity index (χ4n) is 4.57. The minimum atomic E-state index is -0.633. The monoisotopic (exact) mass is 660 g/mol. The molecule has 2 N–H and O–H groups in total. The van der Waals surface area contributed by atoms with Crippen LogP contribution < -0.4 is 10.1 Å². The molecule has 3 heterocycles. The number of carbonyl (C=O) groups excluding carboxylic acids is 2. The predicted molar refractivity (Wildman–Crippen MR) is 128 cm³/mol. The molecule has 10 heteroatoms. The number of piperidine rings is 1. The van der Waals surface area contributed by atoms with Crippen molar-refractivity contribution in [1.82, 2.24) is 10.2 Å². The van der Waals surface area contributed by atoms with Crippen LogP contribution in [0, 0.1) is 0 Å². The molecule has 0 saturated carbocycles. The van der Waals surface area contributed by atoms with Crippen LogP contribution in [-0.2, 0) is 53.2 Å². The predicted octanol–water partition coefficient (Wildman–Crippen LogP) is 2.87. The molecular formula is C25H38N3O6W-. The van der Waals surface area contributed by atoms with E-state index in [0.717, 1.165) is 37.0 Å². The van der Waals surface area contributed by atoms with Gasteiger partial charge in [0.2, 0.25) is 5.91 Å². The van der Waals surface area contributed by atoms with Crippen LogP contribution in [0.25, 0.3) is 5.32 Å². The third-order valence-electron chi connectivity index (χ3n) is 6.31. The van der Waals surface area contributed by atoms with E-state index >= 15 is 0 Å². The van der Waals surface area contributed by atoms with Crippen molar-refractivity contribution < 1.29 is 50.0 Å². The number of rotatable bonds is 7. The maximum absolute atomic E-state index is 12.0. The van der Waals surface area contributed by atoms with E-state index in [-0.39, 0.29) is 51.7 Å². The van der Waals surface area contributed by atoms with Gasteiger partial charge in [-0.1, -0.05) is 32.7 Å². The third kappa shape index (κ3) is 7.73. The summed E-state index contributed by atoms with van der Waals surface area (Å²) in [5.41, 5.74) is 1.52. The normalized spacial score (nSPS) is 21.2. The molecule has 1 amide bonds. The zero-order valence-corrected chi connectivity index (χ0v) is 23.9. The molecule has 0 bridgehead atoms. The summed E-state index contributed by atoms with van der Waals surface area (Å²) in [5.74, 6) is 0.133. The van der Waals surface area contributed by atoms with Crippen LogP contribution in [0.1, 0.15) is 57.1 Å². The van der Waals surface area contributed by atoms with Gasteiger partial charge in [0.05, 0.1) is 13.2 Å². The Kier molecular flexibility index (Phi) is 12.1. The maximum atomic E-state index is 12.0. The van der Waals surface area contributed by atoms with Crippen molar-refractivity contribution in [1.29, 1.82) is 0 Å². The molecule has 2 fully saturated rings. The first-order valence-electron chi connectivity index (χ1n) is 12.3. The molecule has 4 rings (SSSR count). The van der Waals surface area contributed by atoms with Crippen molar-refractivity contribution >= 4 is 12.2 Å². The van der Waals surface area contributed by atoms with Gasteiger partial charge < -0.3 is 34.7 Å². The van der Waals surface area contributed by atoms with Crippen LogP contribution in [-0.4, -0.2) is 73.5 Å². The number of nitrogens with zero attached hydrogens (tertiary/aromatic N) is 2. The van der Waals surface area contributed by atoms with Gasteiger partial charge in [0, 0.05) is 72.1 Å². The molecule has 0 radical (unpaired) electrons. The molecule has 0 aromatic heterocycles. The number of phenols is 1. The van der Waals surface area contributed by atoms with E-state index < -0.39 is 11.8 Å². The van der Waals surface area contributed by atoms with Gasteiger partial charge >= 0.3 is 0 Å². The second-order valence-electron chi connectivity index (χ2n) is 9.01. The first-order valence-corrected chi connectivity index (χ1v) is 12.3. The van der Waals surface area contributed by atoms with Crippen LogP contribution in [0.4, 0.5) is 0 Å². The Hall–Kier alpha value is -1.51. The Bertz CT molecular complexity index is 834. The van der Waals surface area contributed by atoms with E-state index in [4.69, 9.17) is 14.2 Å². The number of aromatic hydroxyl groups is 1. The molecule has 0 aliphatic carbocycles. The quantitative estimate of drug-likeness (QED) is 0.433. The Labute approximate surface area is 222 Å². The van der Waals surface area contributed by atoms with E-state index in [9.17, 15) is 14.7 Å². The minimum absolute atomic E-state index is 0. The van der Waals surface area contributed by atoms with Crippen molar-refractivity contribution in [2.75, 3.05) is 33.4 Å². The topological polar surface area (TPSA) is 111 Å². The zero-order valence-electron chi connectivity index (χ0n) is 21.0. The number of ether oxygens (including phenoxy) is 3. The molecule has 196 valence electrons. The summed E-state index contributed by atoms with van der Waals surface area (Å²) < 4.78 is 17.9. The van der Waals surface area contributed by atoms with Crippen LogP contribution in [0.15, 0.2) is 12.1 Å². The van der Waals surface area contributed by atoms with Crippen LogP contribution in [0.3, 0.4) is 0 Å². The van der Waals surface area contributed by atoms with Crippen LogP contribution >= 0.6 is 0 Å². The molecule has 2 atom stereocenters. The van der Waals surface area contributed by atoms with E-state index in [2.05, 4.69) is 29.4 Å². The van der Waals surface area contributed by atoms with E-state index in [1.165, 1.54) is 6.42 Å². The summed E-state index contributed by atoms with van der Waals surface area (Å²) in [6, 6.07) is 3.09. The number of carbonyl (C=O) groups is 2. The van der Waals surface area contributed by atoms with Crippen molar-refractivity contribution in [3.05, 3.63) is 28.6 Å². The molecule has 2 unspecified atom stereocenters. The number of aldehydes is 1. The fraction of sp³-hybridized carbons (Fsp3) is 0.680. The number of amides is 1. The number of nitrogens with one attached hydrogen (secondary N) is 1. The van der Waals surface area contributed by atoms with E-state index in [1.54, 1.807) is 13.1 Å². The summed E-state index contributed by atoms with van der Waals surface area (Å²) >= 11 is 0. The SMILES string of the molecule is CCC.CNC(=O)C(CCC=O)[N-]Cc1cc2c(cc1O)CN1CCC3(CC1CO2)OCCO3.[W]. The largest absolute Gasteiger partial charge is 0.648 e. The van der Waals surface area contributed by atoms with E-state index in [0.29, 0.717) is 38.3 Å². The molecule has 3 aliphatic rings. The summed E-state index contributed by atoms with van der Waals surface area (Å²) in [7, 11) is 1.54. The van der Waals surface area contributed by atoms with Crippen molar-refractivity contribution in [3.8, 4) is 11.5 Å². The third-order valence-corrected chi connectivity index (χ3v) is 6.31. The van der Waals surface area contributed by atoms with Gasteiger partial charge in [-0.3, -0.25) is 9.69 Å². The minimum Gasteiger partial charge on any atom is -0.648 e. The maximum Gasteiger partial charge on any atom is 0.202 e. The average Bonchev–Trinajstić information content (AvgIpc) is 3.21. The molecule has 3 aliphatic heterocycles. The summed E-state index contributed by atoms with van der Waals surface area (Å²) in [6.07, 6.45) is 4.21. The second kappa shape index (κ2) is 14.3. The second-order valence-corrected chi connectivity index (χ2v) is 9.01. The Balaban J connectivity index is 0.00000103. The van der Waals surface area contributed by atoms with Crippen molar-refractivity contribution in [2.45, 2.75) is 76.9 Å². The zero-order chi connectivity index (χ0) is 24.6. The molecule has 1 spiro atoms. The molecule has 35 heavy (non-hydrogen) atoms. The Morgan fingerprint density at radius 3 is 2.71 bits per heavy atom. The van der Waals surface area contributed by atoms with Gasteiger partial charge in [-0.05, 0) is 17.7 Å². The number of hydrogen-bond acceptors (Lipinski definition) is 7. The smallest absolute Gasteiger partial charge is 0.202 e. The Morgan fingerprint density at radius 1 is 1.34 bits per heavy atom. The van der Waals surface area contributed by atoms with Crippen LogP contribution in [0.5, 0.6) is 11.5 Å². The molecule has 1 aromatic rings. The van der Waals surface area contributed by atoms with Crippen LogP contribution in [0.2, 0.25) is 0 Å². The number of hydrogen-bond donors (Lipinski definition) is 2. The van der Waals surface area contributed by atoms with E-state index in [1.807, 2.05) is 6.07 Å². The molecule has 2 saturated heterocycles. The average molecular weight is 660 g/mol.